The van der Waals surface area contributed by atoms with Crippen molar-refractivity contribution in [3.8, 4) is 6.07 Å². The molecule has 0 aromatic carbocycles. The van der Waals surface area contributed by atoms with Gasteiger partial charge in [0.05, 0.1) is 5.56 Å². The van der Waals surface area contributed by atoms with Gasteiger partial charge in [0, 0.05) is 13.1 Å². The number of aromatic nitrogens is 1. The average molecular weight is 285 g/mol. The summed E-state index contributed by atoms with van der Waals surface area (Å²) >= 11 is 0. The Labute approximate surface area is 117 Å². The number of alkyl halides is 3. The molecule has 0 aliphatic rings. The molecule has 0 saturated heterocycles. The quantitative estimate of drug-likeness (QED) is 0.825. The van der Waals surface area contributed by atoms with Crippen LogP contribution in [-0.4, -0.2) is 18.1 Å². The molecule has 0 N–H and O–H groups in total. The van der Waals surface area contributed by atoms with Crippen LogP contribution in [0.15, 0.2) is 12.1 Å². The minimum absolute atomic E-state index is 0.116. The van der Waals surface area contributed by atoms with Crippen LogP contribution in [0.2, 0.25) is 0 Å². The van der Waals surface area contributed by atoms with E-state index in [-0.39, 0.29) is 11.4 Å². The molecule has 1 atom stereocenters. The summed E-state index contributed by atoms with van der Waals surface area (Å²) < 4.78 is 38.2. The molecule has 0 bridgehead atoms. The van der Waals surface area contributed by atoms with Crippen LogP contribution >= 0.6 is 0 Å². The Hall–Kier alpha value is -1.77. The molecule has 1 rings (SSSR count). The summed E-state index contributed by atoms with van der Waals surface area (Å²) in [6.45, 7) is 6.96. The van der Waals surface area contributed by atoms with E-state index in [1.807, 2.05) is 26.8 Å². The highest BCUT2D eigenvalue weighted by molar-refractivity contribution is 5.54. The van der Waals surface area contributed by atoms with Crippen molar-refractivity contribution in [2.24, 2.45) is 5.92 Å². The SMILES string of the molecule is CCC(C)CN(CC)c1nc(C(F)(F)F)ccc1C#N. The maximum Gasteiger partial charge on any atom is 0.433 e. The predicted molar refractivity (Wildman–Crippen MR) is 71.3 cm³/mol. The smallest absolute Gasteiger partial charge is 0.356 e. The van der Waals surface area contributed by atoms with Gasteiger partial charge in [0.15, 0.2) is 0 Å². The van der Waals surface area contributed by atoms with Crippen LogP contribution in [0.5, 0.6) is 0 Å². The zero-order valence-corrected chi connectivity index (χ0v) is 11.8. The molecule has 6 heteroatoms. The Balaban J connectivity index is 3.21. The minimum atomic E-state index is -4.50. The first-order valence-corrected chi connectivity index (χ1v) is 6.56. The normalized spacial score (nSPS) is 12.8. The Kier molecular flexibility index (Phi) is 5.37. The van der Waals surface area contributed by atoms with Crippen molar-refractivity contribution in [3.63, 3.8) is 0 Å². The van der Waals surface area contributed by atoms with E-state index in [9.17, 15) is 13.2 Å². The molecule has 0 radical (unpaired) electrons. The number of halogens is 3. The second-order valence-corrected chi connectivity index (χ2v) is 4.73. The van der Waals surface area contributed by atoms with Crippen molar-refractivity contribution in [3.05, 3.63) is 23.4 Å². The number of nitrogens with zero attached hydrogens (tertiary/aromatic N) is 3. The molecule has 20 heavy (non-hydrogen) atoms. The summed E-state index contributed by atoms with van der Waals surface area (Å²) in [4.78, 5) is 5.38. The number of pyridine rings is 1. The van der Waals surface area contributed by atoms with Crippen molar-refractivity contribution >= 4 is 5.82 Å². The van der Waals surface area contributed by atoms with Crippen LogP contribution in [-0.2, 0) is 6.18 Å². The highest BCUT2D eigenvalue weighted by Gasteiger charge is 2.33. The molecular weight excluding hydrogens is 267 g/mol. The summed E-state index contributed by atoms with van der Waals surface area (Å²) in [5.41, 5.74) is -0.794. The zero-order chi connectivity index (χ0) is 15.3. The fourth-order valence-electron chi connectivity index (χ4n) is 1.81. The molecule has 0 saturated carbocycles. The van der Waals surface area contributed by atoms with Gasteiger partial charge < -0.3 is 4.90 Å². The molecule has 0 amide bonds. The third-order valence-electron chi connectivity index (χ3n) is 3.20. The summed E-state index contributed by atoms with van der Waals surface area (Å²) in [5, 5.41) is 9.05. The van der Waals surface area contributed by atoms with Crippen LogP contribution < -0.4 is 4.90 Å². The van der Waals surface area contributed by atoms with Crippen molar-refractivity contribution in [2.75, 3.05) is 18.0 Å². The van der Waals surface area contributed by atoms with Gasteiger partial charge in [0.2, 0.25) is 0 Å². The molecule has 0 aliphatic heterocycles. The van der Waals surface area contributed by atoms with Gasteiger partial charge in [-0.3, -0.25) is 0 Å². The van der Waals surface area contributed by atoms with Gasteiger partial charge in [-0.05, 0) is 25.0 Å². The summed E-state index contributed by atoms with van der Waals surface area (Å²) in [7, 11) is 0. The number of nitriles is 1. The van der Waals surface area contributed by atoms with Crippen molar-refractivity contribution in [1.82, 2.24) is 4.98 Å². The van der Waals surface area contributed by atoms with E-state index < -0.39 is 11.9 Å². The first kappa shape index (κ1) is 16.3. The summed E-state index contributed by atoms with van der Waals surface area (Å²) in [6, 6.07) is 3.94. The van der Waals surface area contributed by atoms with E-state index in [0.717, 1.165) is 12.5 Å². The van der Waals surface area contributed by atoms with E-state index in [2.05, 4.69) is 4.98 Å². The number of anilines is 1. The third kappa shape index (κ3) is 3.86. The molecule has 1 aromatic rings. The van der Waals surface area contributed by atoms with E-state index in [0.29, 0.717) is 19.0 Å². The maximum atomic E-state index is 12.7. The van der Waals surface area contributed by atoms with Gasteiger partial charge in [0.1, 0.15) is 17.6 Å². The Morgan fingerprint density at radius 1 is 1.35 bits per heavy atom. The molecule has 0 aliphatic carbocycles. The van der Waals surface area contributed by atoms with Gasteiger partial charge in [-0.2, -0.15) is 18.4 Å². The lowest BCUT2D eigenvalue weighted by molar-refractivity contribution is -0.141. The highest BCUT2D eigenvalue weighted by atomic mass is 19.4. The van der Waals surface area contributed by atoms with Gasteiger partial charge in [-0.1, -0.05) is 20.3 Å². The molecule has 0 spiro atoms. The van der Waals surface area contributed by atoms with Crippen LogP contribution in [0.25, 0.3) is 0 Å². The molecule has 0 fully saturated rings. The van der Waals surface area contributed by atoms with Crippen LogP contribution in [0.1, 0.15) is 38.4 Å². The fourth-order valence-corrected chi connectivity index (χ4v) is 1.81. The number of rotatable bonds is 5. The first-order chi connectivity index (χ1) is 9.33. The lowest BCUT2D eigenvalue weighted by Gasteiger charge is -2.26. The molecule has 1 unspecified atom stereocenters. The fraction of sp³-hybridized carbons (Fsp3) is 0.571. The Bertz CT molecular complexity index is 491. The zero-order valence-electron chi connectivity index (χ0n) is 11.8. The second-order valence-electron chi connectivity index (χ2n) is 4.73. The monoisotopic (exact) mass is 285 g/mol. The largest absolute Gasteiger partial charge is 0.433 e. The van der Waals surface area contributed by atoms with Gasteiger partial charge in [-0.15, -0.1) is 0 Å². The average Bonchev–Trinajstić information content (AvgIpc) is 2.42. The van der Waals surface area contributed by atoms with Crippen LogP contribution in [0, 0.1) is 17.2 Å². The molecular formula is C14H18F3N3. The summed E-state index contributed by atoms with van der Waals surface area (Å²) in [6.07, 6.45) is -3.59. The van der Waals surface area contributed by atoms with Crippen LogP contribution in [0.3, 0.4) is 0 Å². The van der Waals surface area contributed by atoms with Gasteiger partial charge >= 0.3 is 6.18 Å². The van der Waals surface area contributed by atoms with Crippen molar-refractivity contribution in [1.29, 1.82) is 5.26 Å². The van der Waals surface area contributed by atoms with E-state index in [1.165, 1.54) is 6.07 Å². The highest BCUT2D eigenvalue weighted by Crippen LogP contribution is 2.30. The minimum Gasteiger partial charge on any atom is -0.356 e. The second kappa shape index (κ2) is 6.60. The van der Waals surface area contributed by atoms with E-state index in [4.69, 9.17) is 5.26 Å². The Morgan fingerprint density at radius 2 is 2.00 bits per heavy atom. The molecule has 1 aromatic heterocycles. The lowest BCUT2D eigenvalue weighted by atomic mass is 10.1. The van der Waals surface area contributed by atoms with Crippen LogP contribution in [0.4, 0.5) is 19.0 Å². The summed E-state index contributed by atoms with van der Waals surface area (Å²) in [5.74, 6) is 0.433. The van der Waals surface area contributed by atoms with Crippen molar-refractivity contribution in [2.45, 2.75) is 33.4 Å². The molecule has 1 heterocycles. The standard InChI is InChI=1S/C14H18F3N3/c1-4-10(3)9-20(5-2)13-11(8-18)6-7-12(19-13)14(15,16)17/h6-7,10H,4-5,9H2,1-3H3. The molecule has 110 valence electrons. The number of hydrogen-bond acceptors (Lipinski definition) is 3. The predicted octanol–water partition coefficient (Wildman–Crippen LogP) is 3.84. The Morgan fingerprint density at radius 3 is 2.45 bits per heavy atom. The van der Waals surface area contributed by atoms with E-state index in [1.54, 1.807) is 4.90 Å². The van der Waals surface area contributed by atoms with Gasteiger partial charge in [0.25, 0.3) is 0 Å². The van der Waals surface area contributed by atoms with Crippen molar-refractivity contribution < 1.29 is 13.2 Å². The molecule has 3 nitrogen and oxygen atoms in total. The number of hydrogen-bond donors (Lipinski definition) is 0. The van der Waals surface area contributed by atoms with E-state index >= 15 is 0 Å². The third-order valence-corrected chi connectivity index (χ3v) is 3.20. The first-order valence-electron chi connectivity index (χ1n) is 6.56. The lowest BCUT2D eigenvalue weighted by Crippen LogP contribution is -2.30. The van der Waals surface area contributed by atoms with Gasteiger partial charge in [-0.25, -0.2) is 4.98 Å². The maximum absolute atomic E-state index is 12.7. The topological polar surface area (TPSA) is 39.9 Å².